The molecular weight excluding hydrogens is 428 g/mol. The Morgan fingerprint density at radius 3 is 2.57 bits per heavy atom. The summed E-state index contributed by atoms with van der Waals surface area (Å²) < 4.78 is 10.4. The average molecular weight is 451 g/mol. The van der Waals surface area contributed by atoms with Crippen LogP contribution in [0.2, 0.25) is 5.02 Å². The van der Waals surface area contributed by atoms with Crippen molar-refractivity contribution in [3.63, 3.8) is 0 Å². The van der Waals surface area contributed by atoms with Crippen LogP contribution >= 0.6 is 23.4 Å². The Morgan fingerprint density at radius 2 is 1.90 bits per heavy atom. The summed E-state index contributed by atoms with van der Waals surface area (Å²) in [4.78, 5) is 24.7. The first-order chi connectivity index (χ1) is 14.5. The number of anilines is 1. The molecule has 1 heterocycles. The van der Waals surface area contributed by atoms with Crippen LogP contribution in [0.3, 0.4) is 0 Å². The molecule has 0 bridgehead atoms. The Labute approximate surface area is 184 Å². The summed E-state index contributed by atoms with van der Waals surface area (Å²) in [6.07, 6.45) is 0.523. The van der Waals surface area contributed by atoms with E-state index in [1.165, 1.54) is 18.9 Å². The van der Waals surface area contributed by atoms with Gasteiger partial charge in [-0.3, -0.25) is 9.59 Å². The van der Waals surface area contributed by atoms with E-state index in [4.69, 9.17) is 21.1 Å². The van der Waals surface area contributed by atoms with Crippen LogP contribution in [0.25, 0.3) is 0 Å². The number of ether oxygens (including phenoxy) is 2. The lowest BCUT2D eigenvalue weighted by Gasteiger charge is -2.31. The highest BCUT2D eigenvalue weighted by atomic mass is 35.5. The Bertz CT molecular complexity index is 897. The normalized spacial score (nSPS) is 18.4. The summed E-state index contributed by atoms with van der Waals surface area (Å²) >= 11 is 7.23. The van der Waals surface area contributed by atoms with E-state index < -0.39 is 11.5 Å². The van der Waals surface area contributed by atoms with Crippen molar-refractivity contribution in [3.8, 4) is 11.5 Å². The predicted octanol–water partition coefficient (Wildman–Crippen LogP) is 2.15. The second kappa shape index (κ2) is 10.5. The van der Waals surface area contributed by atoms with Gasteiger partial charge in [0.2, 0.25) is 11.8 Å². The van der Waals surface area contributed by atoms with Gasteiger partial charge < -0.3 is 20.1 Å². The Hall–Kier alpha value is -2.46. The minimum absolute atomic E-state index is 0.123. The van der Waals surface area contributed by atoms with Crippen molar-refractivity contribution >= 4 is 40.9 Å². The van der Waals surface area contributed by atoms with E-state index in [9.17, 15) is 9.59 Å². The molecule has 160 valence electrons. The van der Waals surface area contributed by atoms with Gasteiger partial charge >= 0.3 is 0 Å². The minimum atomic E-state index is -0.434. The number of carbonyl (C=O) groups excluding carboxylic acids is 2. The molecule has 1 aliphatic rings. The summed E-state index contributed by atoms with van der Waals surface area (Å²) in [5.74, 6) is 1.03. The summed E-state index contributed by atoms with van der Waals surface area (Å²) in [5.41, 5.74) is 7.10. The molecule has 4 N–H and O–H groups in total. The lowest BCUT2D eigenvalue weighted by molar-refractivity contribution is -0.125. The Balaban J connectivity index is 1.46. The van der Waals surface area contributed by atoms with Crippen molar-refractivity contribution in [1.29, 1.82) is 0 Å². The first kappa shape index (κ1) is 22.2. The number of amides is 2. The van der Waals surface area contributed by atoms with Crippen LogP contribution in [0.1, 0.15) is 5.56 Å². The van der Waals surface area contributed by atoms with Gasteiger partial charge in [-0.25, -0.2) is 10.9 Å². The van der Waals surface area contributed by atoms with Crippen LogP contribution in [-0.2, 0) is 16.0 Å². The fourth-order valence-corrected chi connectivity index (χ4v) is 3.77. The highest BCUT2D eigenvalue weighted by molar-refractivity contribution is 8.00. The molecule has 2 aromatic rings. The van der Waals surface area contributed by atoms with Gasteiger partial charge in [-0.2, -0.15) is 0 Å². The second-order valence-corrected chi connectivity index (χ2v) is 8.02. The van der Waals surface area contributed by atoms with Crippen LogP contribution < -0.4 is 31.0 Å². The molecule has 0 aromatic heterocycles. The topological polar surface area (TPSA) is 101 Å². The smallest absolute Gasteiger partial charge is 0.240 e. The third kappa shape index (κ3) is 6.02. The van der Waals surface area contributed by atoms with E-state index in [0.717, 1.165) is 11.3 Å². The molecule has 0 aliphatic carbocycles. The number of benzene rings is 2. The molecular formula is C20H23ClN4O4S. The van der Waals surface area contributed by atoms with E-state index in [2.05, 4.69) is 21.5 Å². The van der Waals surface area contributed by atoms with E-state index >= 15 is 0 Å². The third-order valence-corrected chi connectivity index (χ3v) is 5.63. The van der Waals surface area contributed by atoms with E-state index in [1.54, 1.807) is 25.3 Å². The number of nitrogens with one attached hydrogen (secondary N) is 4. The molecule has 1 fully saturated rings. The van der Waals surface area contributed by atoms with Crippen LogP contribution in [0, 0.1) is 0 Å². The number of hydrogen-bond acceptors (Lipinski definition) is 7. The van der Waals surface area contributed by atoms with Crippen molar-refractivity contribution in [2.75, 3.05) is 25.3 Å². The van der Waals surface area contributed by atoms with Crippen molar-refractivity contribution in [3.05, 3.63) is 53.1 Å². The molecule has 2 amide bonds. The summed E-state index contributed by atoms with van der Waals surface area (Å²) in [7, 11) is 3.13. The number of hydrogen-bond donors (Lipinski definition) is 4. The highest BCUT2D eigenvalue weighted by Gasteiger charge is 2.27. The number of carbonyl (C=O) groups is 2. The first-order valence-corrected chi connectivity index (χ1v) is 10.6. The number of hydrazine groups is 1. The highest BCUT2D eigenvalue weighted by Crippen LogP contribution is 2.27. The SMILES string of the molecule is COc1ccc(CC2NNC(SCC(=O)Nc3cc(Cl)ccc3OC)NC2=O)cc1. The largest absolute Gasteiger partial charge is 0.497 e. The van der Waals surface area contributed by atoms with Gasteiger partial charge in [0.1, 0.15) is 23.0 Å². The monoisotopic (exact) mass is 450 g/mol. The van der Waals surface area contributed by atoms with E-state index in [-0.39, 0.29) is 17.6 Å². The third-order valence-electron chi connectivity index (χ3n) is 4.39. The lowest BCUT2D eigenvalue weighted by atomic mass is 10.1. The van der Waals surface area contributed by atoms with Gasteiger partial charge in [-0.05, 0) is 42.3 Å². The second-order valence-electron chi connectivity index (χ2n) is 6.49. The molecule has 0 spiro atoms. The molecule has 0 saturated carbocycles. The maximum atomic E-state index is 12.4. The molecule has 2 atom stereocenters. The van der Waals surface area contributed by atoms with Crippen molar-refractivity contribution in [2.24, 2.45) is 0 Å². The lowest BCUT2D eigenvalue weighted by Crippen LogP contribution is -2.64. The predicted molar refractivity (Wildman–Crippen MR) is 118 cm³/mol. The zero-order valence-electron chi connectivity index (χ0n) is 16.5. The van der Waals surface area contributed by atoms with E-state index in [1.807, 2.05) is 24.3 Å². The Kier molecular flexibility index (Phi) is 7.81. The number of halogens is 1. The van der Waals surface area contributed by atoms with Crippen molar-refractivity contribution in [1.82, 2.24) is 16.2 Å². The quantitative estimate of drug-likeness (QED) is 0.489. The molecule has 30 heavy (non-hydrogen) atoms. The van der Waals surface area contributed by atoms with Gasteiger partial charge in [-0.1, -0.05) is 23.7 Å². The van der Waals surface area contributed by atoms with Crippen LogP contribution in [0.4, 0.5) is 5.69 Å². The molecule has 1 saturated heterocycles. The van der Waals surface area contributed by atoms with Crippen LogP contribution in [-0.4, -0.2) is 43.3 Å². The van der Waals surface area contributed by atoms with Crippen molar-refractivity contribution in [2.45, 2.75) is 18.0 Å². The maximum absolute atomic E-state index is 12.4. The zero-order valence-corrected chi connectivity index (χ0v) is 18.1. The molecule has 1 aliphatic heterocycles. The summed E-state index contributed by atoms with van der Waals surface area (Å²) in [5, 5.41) is 6.12. The summed E-state index contributed by atoms with van der Waals surface area (Å²) in [6, 6.07) is 12.1. The molecule has 2 aromatic carbocycles. The fourth-order valence-electron chi connectivity index (χ4n) is 2.86. The molecule has 10 heteroatoms. The maximum Gasteiger partial charge on any atom is 0.240 e. The van der Waals surface area contributed by atoms with Crippen molar-refractivity contribution < 1.29 is 19.1 Å². The number of rotatable bonds is 8. The molecule has 3 rings (SSSR count). The standard InChI is InChI=1S/C20H23ClN4O4S/c1-28-14-6-3-12(4-7-14)9-16-19(27)23-20(25-24-16)30-11-18(26)22-15-10-13(21)5-8-17(15)29-2/h3-8,10,16,20,24-25H,9,11H2,1-2H3,(H,22,26)(H,23,27). The van der Waals surface area contributed by atoms with E-state index in [0.29, 0.717) is 22.9 Å². The molecule has 8 nitrogen and oxygen atoms in total. The van der Waals surface area contributed by atoms with Gasteiger partial charge in [-0.15, -0.1) is 11.8 Å². The zero-order chi connectivity index (χ0) is 21.5. The van der Waals surface area contributed by atoms with Crippen LogP contribution in [0.5, 0.6) is 11.5 Å². The number of methoxy groups -OCH3 is 2. The van der Waals surface area contributed by atoms with Gasteiger partial charge in [0.05, 0.1) is 25.7 Å². The van der Waals surface area contributed by atoms with Gasteiger partial charge in [0.15, 0.2) is 0 Å². The van der Waals surface area contributed by atoms with Gasteiger partial charge in [0.25, 0.3) is 0 Å². The summed E-state index contributed by atoms with van der Waals surface area (Å²) in [6.45, 7) is 0. The Morgan fingerprint density at radius 1 is 1.13 bits per heavy atom. The fraction of sp³-hybridized carbons (Fsp3) is 0.300. The first-order valence-electron chi connectivity index (χ1n) is 9.18. The molecule has 0 radical (unpaired) electrons. The number of thioether (sulfide) groups is 1. The molecule has 2 unspecified atom stereocenters. The van der Waals surface area contributed by atoms with Gasteiger partial charge in [0, 0.05) is 5.02 Å². The van der Waals surface area contributed by atoms with Crippen LogP contribution in [0.15, 0.2) is 42.5 Å². The average Bonchev–Trinajstić information content (AvgIpc) is 2.75. The minimum Gasteiger partial charge on any atom is -0.497 e.